The van der Waals surface area contributed by atoms with Crippen LogP contribution in [0, 0.1) is 0 Å². The van der Waals surface area contributed by atoms with Crippen molar-refractivity contribution in [1.29, 1.82) is 0 Å². The summed E-state index contributed by atoms with van der Waals surface area (Å²) in [7, 11) is -9.92. The fourth-order valence-electron chi connectivity index (χ4n) is 13.0. The third kappa shape index (κ3) is 76.3. The Hall–Kier alpha value is -1.94. The van der Waals surface area contributed by atoms with Gasteiger partial charge in [-0.05, 0) is 25.7 Å². The molecule has 606 valence electrons. The molecule has 0 fully saturated rings. The molecule has 5 atom stereocenters. The largest absolute Gasteiger partial charge is 0.472 e. The molecule has 0 saturated heterocycles. The number of carbonyl (C=O) groups excluding carboxylic acids is 4. The third-order valence-electron chi connectivity index (χ3n) is 19.6. The van der Waals surface area contributed by atoms with Gasteiger partial charge in [-0.1, -0.05) is 400 Å². The fraction of sp³-hybridized carbons (Fsp3) is 0.952. The first-order chi connectivity index (χ1) is 49.7. The standard InChI is InChI=1S/C83H162O17P2/c1-5-9-13-17-21-25-28-31-34-37-38-39-40-41-44-47-50-54-58-62-66-70-83(88)100-79(74-94-81(86)68-64-60-56-52-48-45-42-35-32-29-26-22-18-14-10-6-2)76-98-102(91,92)96-72-77(84)71-95-101(89,90)97-75-78(73-93-80(85)67-63-59-55-51-24-20-16-12-8-4)99-82(87)69-65-61-57-53-49-46-43-36-33-30-27-23-19-15-11-7-3/h77-79,84H,5-76H2,1-4H3,(H,89,90)(H,91,92)/t77-,78+,79+/m0/s1. The number of rotatable bonds is 84. The first kappa shape index (κ1) is 100. The number of aliphatic hydroxyl groups excluding tert-OH is 1. The number of phosphoric acid groups is 2. The highest BCUT2D eigenvalue weighted by molar-refractivity contribution is 7.47. The molecule has 0 saturated carbocycles. The van der Waals surface area contributed by atoms with Crippen LogP contribution < -0.4 is 0 Å². The van der Waals surface area contributed by atoms with Gasteiger partial charge in [0.2, 0.25) is 0 Å². The van der Waals surface area contributed by atoms with E-state index in [1.165, 1.54) is 283 Å². The highest BCUT2D eigenvalue weighted by Gasteiger charge is 2.30. The summed E-state index contributed by atoms with van der Waals surface area (Å²) in [5.74, 6) is -2.10. The Bertz CT molecular complexity index is 1930. The van der Waals surface area contributed by atoms with Gasteiger partial charge in [-0.25, -0.2) is 9.13 Å². The first-order valence-electron chi connectivity index (χ1n) is 43.3. The van der Waals surface area contributed by atoms with Crippen molar-refractivity contribution in [2.45, 2.75) is 470 Å². The van der Waals surface area contributed by atoms with Crippen LogP contribution in [-0.2, 0) is 65.4 Å². The molecule has 0 aromatic rings. The Labute approximate surface area is 626 Å². The lowest BCUT2D eigenvalue weighted by molar-refractivity contribution is -0.161. The number of esters is 4. The quantitative estimate of drug-likeness (QED) is 0.0222. The van der Waals surface area contributed by atoms with Crippen LogP contribution in [0.25, 0.3) is 0 Å². The van der Waals surface area contributed by atoms with E-state index in [1.54, 1.807) is 0 Å². The van der Waals surface area contributed by atoms with E-state index in [1.807, 2.05) is 0 Å². The topological polar surface area (TPSA) is 237 Å². The number of phosphoric ester groups is 2. The second-order valence-electron chi connectivity index (χ2n) is 29.9. The van der Waals surface area contributed by atoms with E-state index in [4.69, 9.17) is 37.0 Å². The molecule has 102 heavy (non-hydrogen) atoms. The molecule has 2 unspecified atom stereocenters. The van der Waals surface area contributed by atoms with Crippen molar-refractivity contribution in [2.24, 2.45) is 0 Å². The van der Waals surface area contributed by atoms with E-state index in [9.17, 15) is 43.2 Å². The SMILES string of the molecule is CCCCCCCCCCCCCCCCCCCCCCCC(=O)O[C@H](COC(=O)CCCCCCCCCCCCCCCCCC)COP(=O)(O)OC[C@@H](O)COP(=O)(O)OC[C@@H](COC(=O)CCCCCCCCCCC)OC(=O)CCCCCCCCCCCCCCCCCC. The minimum atomic E-state index is -4.96. The fourth-order valence-corrected chi connectivity index (χ4v) is 14.6. The molecular weight excluding hydrogens is 1330 g/mol. The molecule has 0 aromatic heterocycles. The van der Waals surface area contributed by atoms with Crippen molar-refractivity contribution < 1.29 is 80.2 Å². The molecule has 0 rings (SSSR count). The number of ether oxygens (including phenoxy) is 4. The van der Waals surface area contributed by atoms with E-state index in [2.05, 4.69) is 27.7 Å². The van der Waals surface area contributed by atoms with E-state index in [0.29, 0.717) is 25.7 Å². The molecule has 0 aliphatic heterocycles. The lowest BCUT2D eigenvalue weighted by Gasteiger charge is -2.21. The molecule has 0 heterocycles. The summed E-state index contributed by atoms with van der Waals surface area (Å²) < 4.78 is 68.8. The van der Waals surface area contributed by atoms with Crippen LogP contribution in [0.2, 0.25) is 0 Å². The van der Waals surface area contributed by atoms with Gasteiger partial charge in [0.1, 0.15) is 19.3 Å². The van der Waals surface area contributed by atoms with Crippen LogP contribution in [0.15, 0.2) is 0 Å². The van der Waals surface area contributed by atoms with Gasteiger partial charge < -0.3 is 33.8 Å². The van der Waals surface area contributed by atoms with Crippen molar-refractivity contribution in [2.75, 3.05) is 39.6 Å². The number of unbranched alkanes of at least 4 members (excludes halogenated alkanes) is 58. The summed E-state index contributed by atoms with van der Waals surface area (Å²) >= 11 is 0. The normalized spacial score (nSPS) is 13.8. The molecule has 0 amide bonds. The molecule has 19 heteroatoms. The minimum Gasteiger partial charge on any atom is -0.462 e. The maximum atomic E-state index is 13.1. The molecular formula is C83H162O17P2. The molecule has 0 aliphatic carbocycles. The zero-order valence-corrected chi connectivity index (χ0v) is 68.4. The first-order valence-corrected chi connectivity index (χ1v) is 46.3. The Morgan fingerprint density at radius 2 is 0.392 bits per heavy atom. The molecule has 0 radical (unpaired) electrons. The van der Waals surface area contributed by atoms with Gasteiger partial charge in [0.05, 0.1) is 26.4 Å². The van der Waals surface area contributed by atoms with Crippen molar-refractivity contribution in [1.82, 2.24) is 0 Å². The zero-order chi connectivity index (χ0) is 74.6. The van der Waals surface area contributed by atoms with Gasteiger partial charge in [0.25, 0.3) is 0 Å². The van der Waals surface area contributed by atoms with Crippen LogP contribution >= 0.6 is 15.6 Å². The van der Waals surface area contributed by atoms with Gasteiger partial charge in [0.15, 0.2) is 12.2 Å². The van der Waals surface area contributed by atoms with Crippen molar-refractivity contribution in [3.05, 3.63) is 0 Å². The summed E-state index contributed by atoms with van der Waals surface area (Å²) in [5.41, 5.74) is 0. The molecule has 0 bridgehead atoms. The van der Waals surface area contributed by atoms with Crippen molar-refractivity contribution >= 4 is 39.5 Å². The average Bonchev–Trinajstić information content (AvgIpc) is 0.932. The average molecular weight is 1490 g/mol. The van der Waals surface area contributed by atoms with E-state index in [0.717, 1.165) is 89.9 Å². The summed E-state index contributed by atoms with van der Waals surface area (Å²) in [6, 6.07) is 0. The Morgan fingerprint density at radius 3 is 0.578 bits per heavy atom. The maximum Gasteiger partial charge on any atom is 0.472 e. The highest BCUT2D eigenvalue weighted by Crippen LogP contribution is 2.45. The van der Waals surface area contributed by atoms with Gasteiger partial charge in [-0.3, -0.25) is 37.3 Å². The molecule has 0 aliphatic rings. The Kier molecular flexibility index (Phi) is 75.8. The molecule has 0 aromatic carbocycles. The summed E-state index contributed by atoms with van der Waals surface area (Å²) in [5, 5.41) is 10.6. The predicted molar refractivity (Wildman–Crippen MR) is 419 cm³/mol. The maximum absolute atomic E-state index is 13.1. The third-order valence-corrected chi connectivity index (χ3v) is 21.5. The second-order valence-corrected chi connectivity index (χ2v) is 32.8. The summed E-state index contributed by atoms with van der Waals surface area (Å²) in [6.45, 7) is 5.03. The minimum absolute atomic E-state index is 0.109. The summed E-state index contributed by atoms with van der Waals surface area (Å²) in [6.07, 6.45) is 70.8. The Balaban J connectivity index is 5.20. The monoisotopic (exact) mass is 1490 g/mol. The van der Waals surface area contributed by atoms with Crippen LogP contribution in [0.5, 0.6) is 0 Å². The van der Waals surface area contributed by atoms with Crippen LogP contribution in [-0.4, -0.2) is 96.7 Å². The van der Waals surface area contributed by atoms with Crippen molar-refractivity contribution in [3.8, 4) is 0 Å². The number of hydrogen-bond donors (Lipinski definition) is 3. The lowest BCUT2D eigenvalue weighted by atomic mass is 10.0. The second kappa shape index (κ2) is 77.2. The Morgan fingerprint density at radius 1 is 0.235 bits per heavy atom. The van der Waals surface area contributed by atoms with E-state index in [-0.39, 0.29) is 25.7 Å². The van der Waals surface area contributed by atoms with Crippen LogP contribution in [0.3, 0.4) is 0 Å². The van der Waals surface area contributed by atoms with Crippen LogP contribution in [0.4, 0.5) is 0 Å². The van der Waals surface area contributed by atoms with Gasteiger partial charge in [0, 0.05) is 25.7 Å². The highest BCUT2D eigenvalue weighted by atomic mass is 31.2. The van der Waals surface area contributed by atoms with Gasteiger partial charge in [-0.15, -0.1) is 0 Å². The predicted octanol–water partition coefficient (Wildman–Crippen LogP) is 25.4. The van der Waals surface area contributed by atoms with Gasteiger partial charge >= 0.3 is 39.5 Å². The number of aliphatic hydroxyl groups is 1. The molecule has 0 spiro atoms. The lowest BCUT2D eigenvalue weighted by Crippen LogP contribution is -2.30. The van der Waals surface area contributed by atoms with Crippen molar-refractivity contribution in [3.63, 3.8) is 0 Å². The summed E-state index contributed by atoms with van der Waals surface area (Å²) in [4.78, 5) is 73.0. The molecule has 17 nitrogen and oxygen atoms in total. The number of hydrogen-bond acceptors (Lipinski definition) is 15. The smallest absolute Gasteiger partial charge is 0.462 e. The number of carbonyl (C=O) groups is 4. The van der Waals surface area contributed by atoms with E-state index < -0.39 is 97.5 Å². The molecule has 3 N–H and O–H groups in total. The van der Waals surface area contributed by atoms with Crippen LogP contribution in [0.1, 0.15) is 451 Å². The zero-order valence-electron chi connectivity index (χ0n) is 66.6. The van der Waals surface area contributed by atoms with Gasteiger partial charge in [-0.2, -0.15) is 0 Å². The van der Waals surface area contributed by atoms with E-state index >= 15 is 0 Å².